The van der Waals surface area contributed by atoms with Crippen LogP contribution < -0.4 is 9.47 Å². The number of thiocarbonyl (C=S) groups is 1. The van der Waals surface area contributed by atoms with Gasteiger partial charge in [-0.15, -0.1) is 0 Å². The fourth-order valence-corrected chi connectivity index (χ4v) is 3.88. The van der Waals surface area contributed by atoms with Crippen LogP contribution in [0.3, 0.4) is 0 Å². The number of hydrogen-bond donors (Lipinski definition) is 0. The number of hydrogen-bond acceptors (Lipinski definition) is 5. The lowest BCUT2D eigenvalue weighted by Gasteiger charge is -2.30. The second-order valence-corrected chi connectivity index (χ2v) is 7.71. The largest absolute Gasteiger partial charge is 0.493 e. The molecule has 4 nitrogen and oxygen atoms in total. The van der Waals surface area contributed by atoms with E-state index in [2.05, 4.69) is 0 Å². The van der Waals surface area contributed by atoms with E-state index in [9.17, 15) is 4.79 Å². The fourth-order valence-electron chi connectivity index (χ4n) is 2.25. The van der Waals surface area contributed by atoms with Crippen LogP contribution in [0.1, 0.15) is 33.3 Å². The van der Waals surface area contributed by atoms with Crippen LogP contribution in [0.25, 0.3) is 6.08 Å². The Bertz CT molecular complexity index is 662. The Hall–Kier alpha value is -1.53. The highest BCUT2D eigenvalue weighted by atomic mass is 32.2. The molecule has 0 atom stereocenters. The Morgan fingerprint density at radius 3 is 2.52 bits per heavy atom. The fraction of sp³-hybridized carbons (Fsp3) is 0.412. The Balaban J connectivity index is 2.32. The average molecular weight is 351 g/mol. The van der Waals surface area contributed by atoms with Crippen molar-refractivity contribution in [3.05, 3.63) is 28.7 Å². The van der Waals surface area contributed by atoms with Crippen LogP contribution in [0, 0.1) is 0 Å². The molecule has 0 saturated carbocycles. The molecule has 1 aliphatic rings. The number of thioether (sulfide) groups is 1. The second-order valence-electron chi connectivity index (χ2n) is 6.03. The van der Waals surface area contributed by atoms with Crippen molar-refractivity contribution in [2.75, 3.05) is 13.7 Å². The van der Waals surface area contributed by atoms with Gasteiger partial charge in [0.1, 0.15) is 4.32 Å². The molecule has 2 rings (SSSR count). The van der Waals surface area contributed by atoms with E-state index in [0.717, 1.165) is 5.56 Å². The van der Waals surface area contributed by atoms with Crippen LogP contribution in [0.4, 0.5) is 0 Å². The van der Waals surface area contributed by atoms with Gasteiger partial charge >= 0.3 is 0 Å². The number of nitrogens with zero attached hydrogens (tertiary/aromatic N) is 1. The standard InChI is InChI=1S/C17H21NO3S2/c1-6-21-12-8-7-11(9-13(12)20-5)10-14-15(19)18(16(22)23-14)17(2,3)4/h7-10H,6H2,1-5H3/b14-10-. The molecule has 1 fully saturated rings. The van der Waals surface area contributed by atoms with Crippen LogP contribution in [-0.2, 0) is 4.79 Å². The van der Waals surface area contributed by atoms with Gasteiger partial charge in [0.2, 0.25) is 0 Å². The predicted octanol–water partition coefficient (Wildman–Crippen LogP) is 4.09. The monoisotopic (exact) mass is 351 g/mol. The van der Waals surface area contributed by atoms with Crippen LogP contribution in [0.5, 0.6) is 11.5 Å². The minimum Gasteiger partial charge on any atom is -0.493 e. The zero-order chi connectivity index (χ0) is 17.2. The van der Waals surface area contributed by atoms with Crippen LogP contribution in [0.2, 0.25) is 0 Å². The first-order chi connectivity index (χ1) is 10.8. The summed E-state index contributed by atoms with van der Waals surface area (Å²) in [5, 5.41) is 0. The number of methoxy groups -OCH3 is 1. The molecule has 1 saturated heterocycles. The van der Waals surface area contributed by atoms with Crippen LogP contribution >= 0.6 is 24.0 Å². The summed E-state index contributed by atoms with van der Waals surface area (Å²) in [7, 11) is 1.60. The molecular formula is C17H21NO3S2. The highest BCUT2D eigenvalue weighted by molar-refractivity contribution is 8.26. The van der Waals surface area contributed by atoms with E-state index in [1.807, 2.05) is 52.0 Å². The van der Waals surface area contributed by atoms with Gasteiger partial charge in [0.15, 0.2) is 11.5 Å². The molecule has 0 bridgehead atoms. The van der Waals surface area contributed by atoms with E-state index in [1.165, 1.54) is 11.8 Å². The Morgan fingerprint density at radius 2 is 2.00 bits per heavy atom. The van der Waals surface area contributed by atoms with E-state index >= 15 is 0 Å². The summed E-state index contributed by atoms with van der Waals surface area (Å²) in [6.07, 6.45) is 1.84. The second kappa shape index (κ2) is 6.93. The third-order valence-electron chi connectivity index (χ3n) is 3.25. The summed E-state index contributed by atoms with van der Waals surface area (Å²) in [6.45, 7) is 8.41. The lowest BCUT2D eigenvalue weighted by molar-refractivity contribution is -0.125. The predicted molar refractivity (Wildman–Crippen MR) is 98.9 cm³/mol. The molecule has 1 amide bonds. The summed E-state index contributed by atoms with van der Waals surface area (Å²) < 4.78 is 11.4. The first-order valence-electron chi connectivity index (χ1n) is 7.36. The molecule has 23 heavy (non-hydrogen) atoms. The highest BCUT2D eigenvalue weighted by Crippen LogP contribution is 2.37. The van der Waals surface area contributed by atoms with E-state index in [1.54, 1.807) is 12.0 Å². The lowest BCUT2D eigenvalue weighted by Crippen LogP contribution is -2.44. The van der Waals surface area contributed by atoms with Crippen molar-refractivity contribution >= 4 is 40.3 Å². The van der Waals surface area contributed by atoms with Crippen molar-refractivity contribution in [2.24, 2.45) is 0 Å². The number of benzene rings is 1. The Labute approximate surface area is 146 Å². The van der Waals surface area contributed by atoms with Gasteiger partial charge in [0.25, 0.3) is 5.91 Å². The van der Waals surface area contributed by atoms with Crippen LogP contribution in [0.15, 0.2) is 23.1 Å². The minimum absolute atomic E-state index is 0.0552. The zero-order valence-corrected chi connectivity index (χ0v) is 15.6. The molecule has 0 unspecified atom stereocenters. The Kier molecular flexibility index (Phi) is 5.37. The van der Waals surface area contributed by atoms with Crippen molar-refractivity contribution in [1.29, 1.82) is 0 Å². The maximum atomic E-state index is 12.6. The summed E-state index contributed by atoms with van der Waals surface area (Å²) >= 11 is 6.67. The van der Waals surface area contributed by atoms with Gasteiger partial charge in [-0.1, -0.05) is 30.0 Å². The number of ether oxygens (including phenoxy) is 2. The van der Waals surface area contributed by atoms with E-state index in [4.69, 9.17) is 21.7 Å². The first-order valence-corrected chi connectivity index (χ1v) is 8.59. The quantitative estimate of drug-likeness (QED) is 0.603. The summed E-state index contributed by atoms with van der Waals surface area (Å²) in [5.74, 6) is 1.28. The van der Waals surface area contributed by atoms with Gasteiger partial charge in [-0.05, 0) is 51.5 Å². The molecule has 124 valence electrons. The smallest absolute Gasteiger partial charge is 0.266 e. The molecule has 1 aromatic rings. The topological polar surface area (TPSA) is 38.8 Å². The Morgan fingerprint density at radius 1 is 1.30 bits per heavy atom. The molecule has 0 spiro atoms. The molecule has 1 aromatic carbocycles. The third kappa shape index (κ3) is 3.87. The maximum Gasteiger partial charge on any atom is 0.266 e. The van der Waals surface area contributed by atoms with Gasteiger partial charge in [0, 0.05) is 5.54 Å². The van der Waals surface area contributed by atoms with Crippen molar-refractivity contribution < 1.29 is 14.3 Å². The average Bonchev–Trinajstić information content (AvgIpc) is 2.74. The number of carbonyl (C=O) groups is 1. The highest BCUT2D eigenvalue weighted by Gasteiger charge is 2.38. The molecule has 0 radical (unpaired) electrons. The molecule has 0 aromatic heterocycles. The summed E-state index contributed by atoms with van der Waals surface area (Å²) in [4.78, 5) is 14.9. The zero-order valence-electron chi connectivity index (χ0n) is 14.0. The number of rotatable bonds is 4. The van der Waals surface area contributed by atoms with E-state index in [-0.39, 0.29) is 11.4 Å². The van der Waals surface area contributed by atoms with Crippen molar-refractivity contribution in [3.8, 4) is 11.5 Å². The maximum absolute atomic E-state index is 12.6. The van der Waals surface area contributed by atoms with Crippen molar-refractivity contribution in [2.45, 2.75) is 33.2 Å². The lowest BCUT2D eigenvalue weighted by atomic mass is 10.1. The van der Waals surface area contributed by atoms with E-state index in [0.29, 0.717) is 27.3 Å². The SMILES string of the molecule is CCOc1ccc(/C=C2\SC(=S)N(C(C)(C)C)C2=O)cc1OC. The number of amides is 1. The molecule has 0 aliphatic carbocycles. The minimum atomic E-state index is -0.326. The van der Waals surface area contributed by atoms with Gasteiger partial charge in [-0.2, -0.15) is 0 Å². The molecule has 1 aliphatic heterocycles. The molecule has 6 heteroatoms. The summed E-state index contributed by atoms with van der Waals surface area (Å²) in [6, 6.07) is 5.60. The molecule has 1 heterocycles. The van der Waals surface area contributed by atoms with Gasteiger partial charge in [-0.3, -0.25) is 9.69 Å². The third-order valence-corrected chi connectivity index (χ3v) is 4.55. The summed E-state index contributed by atoms with van der Waals surface area (Å²) in [5.41, 5.74) is 0.549. The van der Waals surface area contributed by atoms with Crippen molar-refractivity contribution in [1.82, 2.24) is 4.90 Å². The van der Waals surface area contributed by atoms with Gasteiger partial charge in [0.05, 0.1) is 18.6 Å². The van der Waals surface area contributed by atoms with E-state index < -0.39 is 0 Å². The first kappa shape index (κ1) is 17.8. The number of carbonyl (C=O) groups excluding carboxylic acids is 1. The molecule has 0 N–H and O–H groups in total. The van der Waals surface area contributed by atoms with Crippen LogP contribution in [-0.4, -0.2) is 34.4 Å². The van der Waals surface area contributed by atoms with Crippen molar-refractivity contribution in [3.63, 3.8) is 0 Å². The van der Waals surface area contributed by atoms with Gasteiger partial charge < -0.3 is 9.47 Å². The molecular weight excluding hydrogens is 330 g/mol. The van der Waals surface area contributed by atoms with Gasteiger partial charge in [-0.25, -0.2) is 0 Å². The normalized spacial score (nSPS) is 17.1.